The first kappa shape index (κ1) is 12.8. The largest absolute Gasteiger partial charge is 0.383 e. The number of hydrogen-bond acceptors (Lipinski definition) is 2. The van der Waals surface area contributed by atoms with Crippen molar-refractivity contribution in [1.82, 2.24) is 4.57 Å². The number of para-hydroxylation sites is 1. The predicted molar refractivity (Wildman–Crippen MR) is 74.2 cm³/mol. The summed E-state index contributed by atoms with van der Waals surface area (Å²) in [6.45, 7) is 5.50. The van der Waals surface area contributed by atoms with Gasteiger partial charge < -0.3 is 9.30 Å². The number of benzene rings is 1. The maximum absolute atomic E-state index is 12.4. The number of ether oxygens (including phenoxy) is 1. The first-order valence-electron chi connectivity index (χ1n) is 6.26. The van der Waals surface area contributed by atoms with Crippen molar-refractivity contribution < 1.29 is 4.74 Å². The van der Waals surface area contributed by atoms with Crippen molar-refractivity contribution in [2.45, 2.75) is 26.3 Å². The highest BCUT2D eigenvalue weighted by molar-refractivity contribution is 5.79. The first-order valence-corrected chi connectivity index (χ1v) is 6.26. The molecular formula is C15H19NO2. The van der Waals surface area contributed by atoms with Crippen LogP contribution in [0.1, 0.15) is 25.3 Å². The molecule has 96 valence electrons. The van der Waals surface area contributed by atoms with Crippen molar-refractivity contribution in [3.8, 4) is 0 Å². The van der Waals surface area contributed by atoms with Gasteiger partial charge in [-0.1, -0.05) is 26.0 Å². The van der Waals surface area contributed by atoms with Gasteiger partial charge in [0.2, 0.25) is 0 Å². The fourth-order valence-electron chi connectivity index (χ4n) is 2.15. The van der Waals surface area contributed by atoms with E-state index in [-0.39, 0.29) is 11.3 Å². The molecule has 0 bridgehead atoms. The van der Waals surface area contributed by atoms with E-state index in [0.29, 0.717) is 6.61 Å². The van der Waals surface area contributed by atoms with Crippen LogP contribution < -0.4 is 5.43 Å². The smallest absolute Gasteiger partial charge is 0.192 e. The van der Waals surface area contributed by atoms with Crippen LogP contribution >= 0.6 is 0 Å². The lowest BCUT2D eigenvalue weighted by atomic mass is 10.0. The Bertz CT molecular complexity index is 599. The third-order valence-electron chi connectivity index (χ3n) is 3.17. The number of pyridine rings is 1. The van der Waals surface area contributed by atoms with Crippen LogP contribution in [0.15, 0.2) is 35.3 Å². The average Bonchev–Trinajstić information content (AvgIpc) is 2.38. The number of rotatable bonds is 4. The molecule has 2 rings (SSSR count). The zero-order valence-corrected chi connectivity index (χ0v) is 11.1. The molecule has 0 radical (unpaired) electrons. The molecule has 0 aliphatic rings. The van der Waals surface area contributed by atoms with Crippen molar-refractivity contribution in [3.63, 3.8) is 0 Å². The summed E-state index contributed by atoms with van der Waals surface area (Å²) in [5.74, 6) is 0.232. The second-order valence-corrected chi connectivity index (χ2v) is 4.77. The lowest BCUT2D eigenvalue weighted by Gasteiger charge is -2.14. The van der Waals surface area contributed by atoms with E-state index >= 15 is 0 Å². The number of nitrogens with zero attached hydrogens (tertiary/aromatic N) is 1. The fourth-order valence-corrected chi connectivity index (χ4v) is 2.15. The minimum atomic E-state index is 0.147. The van der Waals surface area contributed by atoms with Crippen LogP contribution in [0.2, 0.25) is 0 Å². The maximum Gasteiger partial charge on any atom is 0.192 e. The molecule has 1 aromatic carbocycles. The molecule has 18 heavy (non-hydrogen) atoms. The van der Waals surface area contributed by atoms with E-state index in [4.69, 9.17) is 4.74 Å². The van der Waals surface area contributed by atoms with Crippen molar-refractivity contribution >= 4 is 10.9 Å². The van der Waals surface area contributed by atoms with Gasteiger partial charge in [-0.3, -0.25) is 4.79 Å². The van der Waals surface area contributed by atoms with Crippen LogP contribution in [-0.2, 0) is 11.3 Å². The number of hydrogen-bond donors (Lipinski definition) is 0. The topological polar surface area (TPSA) is 31.2 Å². The monoisotopic (exact) mass is 245 g/mol. The Hall–Kier alpha value is -1.61. The Labute approximate surface area is 107 Å². The summed E-state index contributed by atoms with van der Waals surface area (Å²) in [7, 11) is 1.69. The van der Waals surface area contributed by atoms with E-state index in [2.05, 4.69) is 4.57 Å². The minimum Gasteiger partial charge on any atom is -0.383 e. The van der Waals surface area contributed by atoms with Gasteiger partial charge in [0.05, 0.1) is 12.1 Å². The molecular weight excluding hydrogens is 226 g/mol. The Morgan fingerprint density at radius 2 is 2.00 bits per heavy atom. The molecule has 0 atom stereocenters. The van der Waals surface area contributed by atoms with Gasteiger partial charge in [0.1, 0.15) is 0 Å². The van der Waals surface area contributed by atoms with E-state index in [1.165, 1.54) is 0 Å². The summed E-state index contributed by atoms with van der Waals surface area (Å²) in [4.78, 5) is 12.4. The summed E-state index contributed by atoms with van der Waals surface area (Å²) >= 11 is 0. The highest BCUT2D eigenvalue weighted by Crippen LogP contribution is 2.16. The van der Waals surface area contributed by atoms with Crippen LogP contribution in [0.4, 0.5) is 0 Å². The zero-order chi connectivity index (χ0) is 13.1. The van der Waals surface area contributed by atoms with Crippen LogP contribution in [-0.4, -0.2) is 18.3 Å². The summed E-state index contributed by atoms with van der Waals surface area (Å²) in [6.07, 6.45) is 1.97. The van der Waals surface area contributed by atoms with Crippen LogP contribution in [0.5, 0.6) is 0 Å². The summed E-state index contributed by atoms with van der Waals surface area (Å²) < 4.78 is 7.23. The molecule has 1 aromatic heterocycles. The molecule has 0 spiro atoms. The first-order chi connectivity index (χ1) is 8.65. The van der Waals surface area contributed by atoms with E-state index in [1.54, 1.807) is 7.11 Å². The summed E-state index contributed by atoms with van der Waals surface area (Å²) in [5, 5.41) is 0.791. The van der Waals surface area contributed by atoms with Crippen molar-refractivity contribution in [3.05, 3.63) is 46.2 Å². The molecule has 0 unspecified atom stereocenters. The fraction of sp³-hybridized carbons (Fsp3) is 0.400. The van der Waals surface area contributed by atoms with Gasteiger partial charge in [-0.2, -0.15) is 0 Å². The van der Waals surface area contributed by atoms with E-state index in [1.807, 2.05) is 44.3 Å². The molecule has 0 aliphatic heterocycles. The van der Waals surface area contributed by atoms with Crippen molar-refractivity contribution in [1.29, 1.82) is 0 Å². The standard InChI is InChI=1S/C15H19NO2/c1-11(2)13-10-16(8-9-18-3)14-7-5-4-6-12(14)15(13)17/h4-7,10-11H,8-9H2,1-3H3. The molecule has 0 saturated carbocycles. The molecule has 3 heteroatoms. The molecule has 0 amide bonds. The van der Waals surface area contributed by atoms with Gasteiger partial charge >= 0.3 is 0 Å². The Kier molecular flexibility index (Phi) is 3.82. The minimum absolute atomic E-state index is 0.147. The Balaban J connectivity index is 2.68. The summed E-state index contributed by atoms with van der Waals surface area (Å²) in [5.41, 5.74) is 1.99. The van der Waals surface area contributed by atoms with Crippen LogP contribution in [0.25, 0.3) is 10.9 Å². The second-order valence-electron chi connectivity index (χ2n) is 4.77. The Morgan fingerprint density at radius 1 is 1.28 bits per heavy atom. The third-order valence-corrected chi connectivity index (χ3v) is 3.17. The SMILES string of the molecule is COCCn1cc(C(C)C)c(=O)c2ccccc21. The highest BCUT2D eigenvalue weighted by atomic mass is 16.5. The molecule has 0 N–H and O–H groups in total. The maximum atomic E-state index is 12.4. The van der Waals surface area contributed by atoms with Crippen LogP contribution in [0.3, 0.4) is 0 Å². The van der Waals surface area contributed by atoms with E-state index in [9.17, 15) is 4.79 Å². The van der Waals surface area contributed by atoms with E-state index < -0.39 is 0 Å². The van der Waals surface area contributed by atoms with Gasteiger partial charge in [0.15, 0.2) is 5.43 Å². The zero-order valence-electron chi connectivity index (χ0n) is 11.1. The Morgan fingerprint density at radius 3 is 2.67 bits per heavy atom. The van der Waals surface area contributed by atoms with Gasteiger partial charge in [-0.15, -0.1) is 0 Å². The molecule has 0 aliphatic carbocycles. The normalized spacial score (nSPS) is 11.3. The number of fused-ring (bicyclic) bond motifs is 1. The van der Waals surface area contributed by atoms with Gasteiger partial charge in [-0.05, 0) is 18.1 Å². The molecule has 0 saturated heterocycles. The average molecular weight is 245 g/mol. The van der Waals surface area contributed by atoms with Gasteiger partial charge in [0, 0.05) is 30.8 Å². The molecule has 1 heterocycles. The molecule has 0 fully saturated rings. The quantitative estimate of drug-likeness (QED) is 0.829. The lowest BCUT2D eigenvalue weighted by molar-refractivity contribution is 0.188. The predicted octanol–water partition coefficient (Wildman–Crippen LogP) is 2.77. The van der Waals surface area contributed by atoms with Crippen molar-refractivity contribution in [2.75, 3.05) is 13.7 Å². The van der Waals surface area contributed by atoms with Gasteiger partial charge in [0.25, 0.3) is 0 Å². The lowest BCUT2D eigenvalue weighted by Crippen LogP contribution is -2.17. The molecule has 2 aromatic rings. The second kappa shape index (κ2) is 5.36. The molecule has 3 nitrogen and oxygen atoms in total. The number of aromatic nitrogens is 1. The highest BCUT2D eigenvalue weighted by Gasteiger charge is 2.10. The number of methoxy groups -OCH3 is 1. The van der Waals surface area contributed by atoms with Crippen molar-refractivity contribution in [2.24, 2.45) is 0 Å². The van der Waals surface area contributed by atoms with E-state index in [0.717, 1.165) is 23.0 Å². The van der Waals surface area contributed by atoms with Gasteiger partial charge in [-0.25, -0.2) is 0 Å². The third kappa shape index (κ3) is 2.31. The van der Waals surface area contributed by atoms with Crippen LogP contribution in [0, 0.1) is 0 Å². The summed E-state index contributed by atoms with van der Waals surface area (Å²) in [6, 6.07) is 7.75.